The van der Waals surface area contributed by atoms with Crippen LogP contribution in [-0.4, -0.2) is 16.7 Å². The number of nitrogens with zero attached hydrogens (tertiary/aromatic N) is 1. The number of hydrogen-bond acceptors (Lipinski definition) is 3. The van der Waals surface area contributed by atoms with Gasteiger partial charge in [-0.05, 0) is 32.9 Å². The number of nitrogens with one attached hydrogen (secondary N) is 1. The van der Waals surface area contributed by atoms with Gasteiger partial charge in [0.25, 0.3) is 0 Å². The first-order chi connectivity index (χ1) is 8.85. The first-order valence-electron chi connectivity index (χ1n) is 5.88. The molecule has 0 saturated carbocycles. The van der Waals surface area contributed by atoms with Gasteiger partial charge in [0.2, 0.25) is 0 Å². The van der Waals surface area contributed by atoms with Gasteiger partial charge in [-0.1, -0.05) is 17.7 Å². The molecule has 1 aromatic carbocycles. The maximum Gasteiger partial charge on any atom is 0.412 e. The largest absolute Gasteiger partial charge is 0.444 e. The van der Waals surface area contributed by atoms with Crippen LogP contribution in [0.4, 0.5) is 10.5 Å². The Hall–Kier alpha value is -1.81. The lowest BCUT2D eigenvalue weighted by molar-refractivity contribution is 0.0636. The number of amides is 1. The monoisotopic (exact) mass is 278 g/mol. The lowest BCUT2D eigenvalue weighted by atomic mass is 10.1. The van der Waals surface area contributed by atoms with E-state index >= 15 is 0 Å². The molecule has 2 rings (SSSR count). The fourth-order valence-corrected chi connectivity index (χ4v) is 1.82. The molecule has 1 aromatic heterocycles. The summed E-state index contributed by atoms with van der Waals surface area (Å²) in [6.45, 7) is 5.43. The van der Waals surface area contributed by atoms with Gasteiger partial charge in [0.1, 0.15) is 5.60 Å². The topological polar surface area (TPSA) is 51.2 Å². The number of aromatic nitrogens is 1. The van der Waals surface area contributed by atoms with Crippen LogP contribution in [0.25, 0.3) is 10.8 Å². The Morgan fingerprint density at radius 2 is 2.05 bits per heavy atom. The third-order valence-electron chi connectivity index (χ3n) is 2.36. The molecule has 1 N–H and O–H groups in total. The highest BCUT2D eigenvalue weighted by molar-refractivity contribution is 6.31. The maximum atomic E-state index is 11.8. The number of carbonyl (C=O) groups excluding carboxylic acids is 1. The van der Waals surface area contributed by atoms with E-state index in [0.29, 0.717) is 10.7 Å². The van der Waals surface area contributed by atoms with E-state index in [1.807, 2.05) is 26.8 Å². The van der Waals surface area contributed by atoms with E-state index in [4.69, 9.17) is 16.3 Å². The molecular formula is C14H15ClN2O2. The summed E-state index contributed by atoms with van der Waals surface area (Å²) in [7, 11) is 0. The summed E-state index contributed by atoms with van der Waals surface area (Å²) < 4.78 is 5.21. The van der Waals surface area contributed by atoms with Crippen LogP contribution in [0.5, 0.6) is 0 Å². The molecule has 2 aromatic rings. The Bertz CT molecular complexity index is 620. The van der Waals surface area contributed by atoms with Gasteiger partial charge in [-0.25, -0.2) is 4.79 Å². The van der Waals surface area contributed by atoms with E-state index in [1.165, 1.54) is 0 Å². The molecule has 0 spiro atoms. The lowest BCUT2D eigenvalue weighted by Gasteiger charge is -2.20. The van der Waals surface area contributed by atoms with Crippen molar-refractivity contribution < 1.29 is 9.53 Å². The van der Waals surface area contributed by atoms with E-state index in [1.54, 1.807) is 24.5 Å². The van der Waals surface area contributed by atoms with Crippen molar-refractivity contribution in [2.45, 2.75) is 26.4 Å². The molecule has 1 heterocycles. The number of hydrogen-bond donors (Lipinski definition) is 1. The van der Waals surface area contributed by atoms with Gasteiger partial charge in [0, 0.05) is 22.0 Å². The van der Waals surface area contributed by atoms with Crippen LogP contribution < -0.4 is 5.32 Å². The molecular weight excluding hydrogens is 264 g/mol. The SMILES string of the molecule is CC(C)(C)OC(=O)Nc1cncc2ccc(Cl)cc12. The van der Waals surface area contributed by atoms with Gasteiger partial charge in [-0.2, -0.15) is 0 Å². The summed E-state index contributed by atoms with van der Waals surface area (Å²) in [6.07, 6.45) is 2.77. The molecule has 0 saturated heterocycles. The van der Waals surface area contributed by atoms with Crippen molar-refractivity contribution in [1.82, 2.24) is 4.98 Å². The number of pyridine rings is 1. The molecule has 1 amide bonds. The predicted octanol–water partition coefficient (Wildman–Crippen LogP) is 4.24. The van der Waals surface area contributed by atoms with Gasteiger partial charge in [-0.3, -0.25) is 10.3 Å². The van der Waals surface area contributed by atoms with Gasteiger partial charge >= 0.3 is 6.09 Å². The van der Waals surface area contributed by atoms with Crippen LogP contribution in [0.2, 0.25) is 5.02 Å². The summed E-state index contributed by atoms with van der Waals surface area (Å²) in [4.78, 5) is 15.8. The highest BCUT2D eigenvalue weighted by Gasteiger charge is 2.17. The summed E-state index contributed by atoms with van der Waals surface area (Å²) in [6, 6.07) is 5.42. The highest BCUT2D eigenvalue weighted by Crippen LogP contribution is 2.25. The Morgan fingerprint density at radius 3 is 2.74 bits per heavy atom. The molecule has 0 aliphatic heterocycles. The first-order valence-corrected chi connectivity index (χ1v) is 6.26. The van der Waals surface area contributed by atoms with Gasteiger partial charge < -0.3 is 4.74 Å². The number of carbonyl (C=O) groups is 1. The van der Waals surface area contributed by atoms with Crippen LogP contribution in [0, 0.1) is 0 Å². The van der Waals surface area contributed by atoms with Crippen molar-refractivity contribution in [1.29, 1.82) is 0 Å². The van der Waals surface area contributed by atoms with Crippen molar-refractivity contribution in [3.63, 3.8) is 0 Å². The molecule has 19 heavy (non-hydrogen) atoms. The van der Waals surface area contributed by atoms with Crippen LogP contribution in [-0.2, 0) is 4.74 Å². The zero-order chi connectivity index (χ0) is 14.0. The number of rotatable bonds is 1. The number of ether oxygens (including phenoxy) is 1. The second-order valence-electron chi connectivity index (χ2n) is 5.18. The molecule has 0 unspecified atom stereocenters. The smallest absolute Gasteiger partial charge is 0.412 e. The summed E-state index contributed by atoms with van der Waals surface area (Å²) >= 11 is 5.97. The molecule has 0 radical (unpaired) electrons. The Kier molecular flexibility index (Phi) is 3.62. The van der Waals surface area contributed by atoms with Crippen LogP contribution in [0.1, 0.15) is 20.8 Å². The number of fused-ring (bicyclic) bond motifs is 1. The minimum Gasteiger partial charge on any atom is -0.444 e. The van der Waals surface area contributed by atoms with Gasteiger partial charge in [-0.15, -0.1) is 0 Å². The lowest BCUT2D eigenvalue weighted by Crippen LogP contribution is -2.27. The van der Waals surface area contributed by atoms with E-state index in [9.17, 15) is 4.79 Å². The van der Waals surface area contributed by atoms with Crippen molar-refractivity contribution in [2.24, 2.45) is 0 Å². The fourth-order valence-electron chi connectivity index (χ4n) is 1.65. The van der Waals surface area contributed by atoms with E-state index in [0.717, 1.165) is 10.8 Å². The number of anilines is 1. The van der Waals surface area contributed by atoms with E-state index in [2.05, 4.69) is 10.3 Å². The Morgan fingerprint density at radius 1 is 1.32 bits per heavy atom. The van der Waals surface area contributed by atoms with Crippen molar-refractivity contribution in [3.05, 3.63) is 35.6 Å². The van der Waals surface area contributed by atoms with Crippen LogP contribution >= 0.6 is 11.6 Å². The van der Waals surface area contributed by atoms with Crippen LogP contribution in [0.15, 0.2) is 30.6 Å². The standard InChI is InChI=1S/C14H15ClN2O2/c1-14(2,3)19-13(18)17-12-8-16-7-9-4-5-10(15)6-11(9)12/h4-8H,1-3H3,(H,17,18). The summed E-state index contributed by atoms with van der Waals surface area (Å²) in [5, 5.41) is 5.02. The summed E-state index contributed by atoms with van der Waals surface area (Å²) in [5.74, 6) is 0. The minimum atomic E-state index is -0.542. The van der Waals surface area contributed by atoms with E-state index in [-0.39, 0.29) is 0 Å². The molecule has 5 heteroatoms. The van der Waals surface area contributed by atoms with Crippen molar-refractivity contribution in [2.75, 3.05) is 5.32 Å². The fraction of sp³-hybridized carbons (Fsp3) is 0.286. The summed E-state index contributed by atoms with van der Waals surface area (Å²) in [5.41, 5.74) is 0.0361. The maximum absolute atomic E-state index is 11.8. The van der Waals surface area contributed by atoms with E-state index < -0.39 is 11.7 Å². The Labute approximate surface area is 116 Å². The third kappa shape index (κ3) is 3.58. The number of halogens is 1. The molecule has 0 atom stereocenters. The molecule has 100 valence electrons. The average molecular weight is 279 g/mol. The van der Waals surface area contributed by atoms with Crippen molar-refractivity contribution >= 4 is 34.2 Å². The zero-order valence-corrected chi connectivity index (χ0v) is 11.8. The van der Waals surface area contributed by atoms with Crippen molar-refractivity contribution in [3.8, 4) is 0 Å². The second-order valence-corrected chi connectivity index (χ2v) is 5.62. The van der Waals surface area contributed by atoms with Crippen LogP contribution in [0.3, 0.4) is 0 Å². The Balaban J connectivity index is 2.30. The molecule has 0 fully saturated rings. The average Bonchev–Trinajstić information content (AvgIpc) is 2.27. The second kappa shape index (κ2) is 5.05. The predicted molar refractivity (Wildman–Crippen MR) is 76.6 cm³/mol. The zero-order valence-electron chi connectivity index (χ0n) is 11.0. The normalized spacial score (nSPS) is 11.4. The van der Waals surface area contributed by atoms with Gasteiger partial charge in [0.15, 0.2) is 0 Å². The molecule has 0 aliphatic carbocycles. The quantitative estimate of drug-likeness (QED) is 0.849. The molecule has 0 aliphatic rings. The molecule has 4 nitrogen and oxygen atoms in total. The third-order valence-corrected chi connectivity index (χ3v) is 2.59. The van der Waals surface area contributed by atoms with Gasteiger partial charge in [0.05, 0.1) is 11.9 Å². The highest BCUT2D eigenvalue weighted by atomic mass is 35.5. The first kappa shape index (κ1) is 13.6. The number of benzene rings is 1. The minimum absolute atomic E-state index is 0.512. The molecule has 0 bridgehead atoms.